The molecule has 2 atom stereocenters. The monoisotopic (exact) mass is 226 g/mol. The highest BCUT2D eigenvalue weighted by Crippen LogP contribution is 2.20. The molecule has 0 heterocycles. The van der Waals surface area contributed by atoms with Gasteiger partial charge in [-0.25, -0.2) is 0 Å². The van der Waals surface area contributed by atoms with E-state index in [4.69, 9.17) is 5.11 Å². The minimum absolute atomic E-state index is 0.400. The van der Waals surface area contributed by atoms with Crippen molar-refractivity contribution in [3.8, 4) is 0 Å². The predicted octanol–water partition coefficient (Wildman–Crippen LogP) is 1.93. The first kappa shape index (κ1) is 12.1. The Morgan fingerprint density at radius 1 is 1.40 bits per heavy atom. The normalized spacial score (nSPS) is 14.5. The number of aliphatic hydroxyl groups excluding tert-OH is 1. The molecule has 0 amide bonds. The van der Waals surface area contributed by atoms with Crippen LogP contribution < -0.4 is 0 Å². The molecule has 0 aliphatic rings. The minimum atomic E-state index is -0.847. The van der Waals surface area contributed by atoms with Crippen LogP contribution in [0.15, 0.2) is 30.3 Å². The highest BCUT2D eigenvalue weighted by atomic mass is 32.2. The number of benzene rings is 1. The molecule has 1 rings (SSSR count). The second-order valence-electron chi connectivity index (χ2n) is 3.24. The third kappa shape index (κ3) is 3.93. The lowest BCUT2D eigenvalue weighted by Gasteiger charge is -2.12. The van der Waals surface area contributed by atoms with Gasteiger partial charge in [-0.05, 0) is 12.5 Å². The first-order chi connectivity index (χ1) is 7.11. The average Bonchev–Trinajstić information content (AvgIpc) is 2.26. The summed E-state index contributed by atoms with van der Waals surface area (Å²) in [6.07, 6.45) is -0.599. The molecule has 0 saturated heterocycles. The molecular formula is C11H14O3S. The van der Waals surface area contributed by atoms with E-state index in [0.717, 1.165) is 5.56 Å². The van der Waals surface area contributed by atoms with Crippen LogP contribution in [0.2, 0.25) is 0 Å². The van der Waals surface area contributed by atoms with Crippen LogP contribution in [-0.4, -0.2) is 27.2 Å². The summed E-state index contributed by atoms with van der Waals surface area (Å²) in [6, 6.07) is 9.24. The topological polar surface area (TPSA) is 57.5 Å². The Kier molecular flexibility index (Phi) is 4.65. The van der Waals surface area contributed by atoms with Crippen LogP contribution in [-0.2, 0) is 4.79 Å². The third-order valence-corrected chi connectivity index (χ3v) is 3.25. The van der Waals surface area contributed by atoms with Gasteiger partial charge < -0.3 is 10.2 Å². The molecule has 0 aliphatic carbocycles. The summed E-state index contributed by atoms with van der Waals surface area (Å²) < 4.78 is 0. The fraction of sp³-hybridized carbons (Fsp3) is 0.364. The zero-order chi connectivity index (χ0) is 11.3. The second-order valence-corrected chi connectivity index (χ2v) is 4.61. The van der Waals surface area contributed by atoms with E-state index in [1.807, 2.05) is 30.3 Å². The van der Waals surface area contributed by atoms with Crippen molar-refractivity contribution in [2.45, 2.75) is 18.3 Å². The Morgan fingerprint density at radius 2 is 2.00 bits per heavy atom. The van der Waals surface area contributed by atoms with E-state index in [1.54, 1.807) is 6.92 Å². The van der Waals surface area contributed by atoms with Crippen molar-refractivity contribution in [3.63, 3.8) is 0 Å². The number of aliphatic hydroxyl groups is 1. The molecule has 0 aromatic heterocycles. The lowest BCUT2D eigenvalue weighted by Crippen LogP contribution is -2.14. The maximum absolute atomic E-state index is 10.5. The zero-order valence-corrected chi connectivity index (χ0v) is 9.28. The van der Waals surface area contributed by atoms with Gasteiger partial charge in [-0.1, -0.05) is 30.3 Å². The molecule has 0 fully saturated rings. The van der Waals surface area contributed by atoms with Gasteiger partial charge in [-0.2, -0.15) is 0 Å². The molecule has 0 bridgehead atoms. The summed E-state index contributed by atoms with van der Waals surface area (Å²) in [7, 11) is 0. The first-order valence-corrected chi connectivity index (χ1v) is 5.73. The molecular weight excluding hydrogens is 212 g/mol. The van der Waals surface area contributed by atoms with Crippen molar-refractivity contribution in [2.75, 3.05) is 5.75 Å². The Hall–Kier alpha value is -1.00. The molecule has 0 radical (unpaired) electrons. The minimum Gasteiger partial charge on any atom is -0.480 e. The van der Waals surface area contributed by atoms with Crippen LogP contribution >= 0.6 is 11.8 Å². The molecule has 4 heteroatoms. The van der Waals surface area contributed by atoms with Gasteiger partial charge in [0.25, 0.3) is 0 Å². The van der Waals surface area contributed by atoms with Gasteiger partial charge in [0.1, 0.15) is 0 Å². The van der Waals surface area contributed by atoms with Gasteiger partial charge in [0.2, 0.25) is 0 Å². The molecule has 82 valence electrons. The smallest absolute Gasteiger partial charge is 0.316 e. The number of carboxylic acid groups (broad SMARTS) is 1. The van der Waals surface area contributed by atoms with Crippen LogP contribution in [0.1, 0.15) is 18.6 Å². The van der Waals surface area contributed by atoms with E-state index in [-0.39, 0.29) is 0 Å². The van der Waals surface area contributed by atoms with Crippen molar-refractivity contribution in [1.29, 1.82) is 0 Å². The lowest BCUT2D eigenvalue weighted by atomic mass is 10.1. The summed E-state index contributed by atoms with van der Waals surface area (Å²) in [4.78, 5) is 10.5. The summed E-state index contributed by atoms with van der Waals surface area (Å²) in [5.74, 6) is -0.447. The van der Waals surface area contributed by atoms with E-state index in [2.05, 4.69) is 0 Å². The van der Waals surface area contributed by atoms with Crippen LogP contribution in [0.25, 0.3) is 0 Å². The first-order valence-electron chi connectivity index (χ1n) is 4.68. The summed E-state index contributed by atoms with van der Waals surface area (Å²) in [6.45, 7) is 1.62. The lowest BCUT2D eigenvalue weighted by molar-refractivity contribution is -0.136. The van der Waals surface area contributed by atoms with E-state index in [0.29, 0.717) is 5.75 Å². The fourth-order valence-electron chi connectivity index (χ4n) is 1.08. The zero-order valence-electron chi connectivity index (χ0n) is 8.46. The molecule has 3 nitrogen and oxygen atoms in total. The fourth-order valence-corrected chi connectivity index (χ4v) is 1.88. The Labute approximate surface area is 93.1 Å². The molecule has 15 heavy (non-hydrogen) atoms. The molecule has 0 saturated carbocycles. The van der Waals surface area contributed by atoms with Crippen molar-refractivity contribution in [2.24, 2.45) is 0 Å². The Balaban J connectivity index is 2.43. The van der Waals surface area contributed by atoms with E-state index in [9.17, 15) is 9.90 Å². The number of rotatable bonds is 5. The molecule has 1 aromatic rings. The van der Waals surface area contributed by atoms with E-state index < -0.39 is 17.3 Å². The van der Waals surface area contributed by atoms with Crippen LogP contribution in [0.3, 0.4) is 0 Å². The van der Waals surface area contributed by atoms with Gasteiger partial charge in [0, 0.05) is 5.75 Å². The quantitative estimate of drug-likeness (QED) is 0.805. The highest BCUT2D eigenvalue weighted by molar-refractivity contribution is 8.00. The van der Waals surface area contributed by atoms with Crippen molar-refractivity contribution >= 4 is 17.7 Å². The third-order valence-electron chi connectivity index (χ3n) is 2.04. The van der Waals surface area contributed by atoms with Gasteiger partial charge in [0.05, 0.1) is 11.4 Å². The summed E-state index contributed by atoms with van der Waals surface area (Å²) >= 11 is 1.24. The maximum atomic E-state index is 10.5. The summed E-state index contributed by atoms with van der Waals surface area (Å²) in [5.41, 5.74) is 0.822. The number of hydrogen-bond acceptors (Lipinski definition) is 3. The number of carbonyl (C=O) groups is 1. The Bertz CT molecular complexity index is 313. The van der Waals surface area contributed by atoms with Gasteiger partial charge in [0.15, 0.2) is 0 Å². The van der Waals surface area contributed by atoms with Gasteiger partial charge in [-0.3, -0.25) is 4.79 Å². The van der Waals surface area contributed by atoms with Gasteiger partial charge in [-0.15, -0.1) is 11.8 Å². The Morgan fingerprint density at radius 3 is 2.53 bits per heavy atom. The van der Waals surface area contributed by atoms with Crippen LogP contribution in [0.5, 0.6) is 0 Å². The van der Waals surface area contributed by atoms with Gasteiger partial charge >= 0.3 is 5.97 Å². The second kappa shape index (κ2) is 5.78. The number of carboxylic acids is 1. The van der Waals surface area contributed by atoms with Crippen molar-refractivity contribution < 1.29 is 15.0 Å². The molecule has 2 unspecified atom stereocenters. The largest absolute Gasteiger partial charge is 0.480 e. The molecule has 1 aromatic carbocycles. The van der Waals surface area contributed by atoms with E-state index in [1.165, 1.54) is 11.8 Å². The number of aliphatic carboxylic acids is 1. The van der Waals surface area contributed by atoms with Crippen LogP contribution in [0, 0.1) is 0 Å². The number of thioether (sulfide) groups is 1. The van der Waals surface area contributed by atoms with Crippen molar-refractivity contribution in [1.82, 2.24) is 0 Å². The molecule has 0 aliphatic heterocycles. The standard InChI is InChI=1S/C11H14O3S/c1-8(11(13)14)15-7-10(12)9-5-3-2-4-6-9/h2-6,8,10,12H,7H2,1H3,(H,13,14). The summed E-state index contributed by atoms with van der Waals surface area (Å²) in [5, 5.41) is 17.9. The average molecular weight is 226 g/mol. The van der Waals surface area contributed by atoms with Crippen molar-refractivity contribution in [3.05, 3.63) is 35.9 Å². The number of hydrogen-bond donors (Lipinski definition) is 2. The SMILES string of the molecule is CC(SCC(O)c1ccccc1)C(=O)O. The maximum Gasteiger partial charge on any atom is 0.316 e. The van der Waals surface area contributed by atoms with E-state index >= 15 is 0 Å². The predicted molar refractivity (Wildman–Crippen MR) is 61.0 cm³/mol. The molecule has 2 N–H and O–H groups in total. The van der Waals surface area contributed by atoms with Crippen LogP contribution in [0.4, 0.5) is 0 Å². The molecule has 0 spiro atoms. The highest BCUT2D eigenvalue weighted by Gasteiger charge is 2.14.